The topological polar surface area (TPSA) is 49.3 Å². The second-order valence-corrected chi connectivity index (χ2v) is 8.22. The highest BCUT2D eigenvalue weighted by molar-refractivity contribution is 14.0. The molecule has 0 bridgehead atoms. The maximum absolute atomic E-state index is 14.8. The molecule has 6 nitrogen and oxygen atoms in total. The maximum atomic E-state index is 14.8. The third-order valence-electron chi connectivity index (χ3n) is 6.01. The minimum atomic E-state index is -0.199. The predicted octanol–water partition coefficient (Wildman–Crippen LogP) is 4.13. The summed E-state index contributed by atoms with van der Waals surface area (Å²) < 4.78 is 26.2. The number of ether oxygens (including phenoxy) is 2. The average Bonchev–Trinajstić information content (AvgIpc) is 2.83. The molecule has 2 aromatic carbocycles. The van der Waals surface area contributed by atoms with Gasteiger partial charge in [-0.2, -0.15) is 0 Å². The fourth-order valence-corrected chi connectivity index (χ4v) is 4.28. The van der Waals surface area contributed by atoms with E-state index in [4.69, 9.17) is 14.5 Å². The molecule has 0 aliphatic carbocycles. The van der Waals surface area contributed by atoms with Crippen LogP contribution in [0, 0.1) is 12.7 Å². The maximum Gasteiger partial charge on any atom is 0.194 e. The quantitative estimate of drug-likeness (QED) is 0.334. The summed E-state index contributed by atoms with van der Waals surface area (Å²) in [6.45, 7) is 10.3. The van der Waals surface area contributed by atoms with Crippen molar-refractivity contribution in [2.75, 3.05) is 57.4 Å². The summed E-state index contributed by atoms with van der Waals surface area (Å²) in [7, 11) is 0. The van der Waals surface area contributed by atoms with E-state index < -0.39 is 0 Å². The van der Waals surface area contributed by atoms with Crippen LogP contribution in [0.4, 0.5) is 10.1 Å². The van der Waals surface area contributed by atoms with Crippen LogP contribution in [0.5, 0.6) is 0 Å². The normalized spacial score (nSPS) is 19.2. The summed E-state index contributed by atoms with van der Waals surface area (Å²) in [4.78, 5) is 9.09. The molecule has 2 aliphatic rings. The van der Waals surface area contributed by atoms with Gasteiger partial charge in [-0.1, -0.05) is 30.3 Å². The van der Waals surface area contributed by atoms with E-state index in [1.165, 1.54) is 11.1 Å². The third kappa shape index (κ3) is 6.58. The Kier molecular flexibility index (Phi) is 9.76. The molecular formula is C25H34FIN4O2. The van der Waals surface area contributed by atoms with Gasteiger partial charge in [-0.3, -0.25) is 0 Å². The lowest BCUT2D eigenvalue weighted by atomic mass is 10.0. The van der Waals surface area contributed by atoms with Crippen LogP contribution < -0.4 is 10.2 Å². The summed E-state index contributed by atoms with van der Waals surface area (Å²) in [5.74, 6) is 0.641. The smallest absolute Gasteiger partial charge is 0.194 e. The summed E-state index contributed by atoms with van der Waals surface area (Å²) in [5, 5.41) is 3.39. The Morgan fingerprint density at radius 3 is 2.64 bits per heavy atom. The largest absolute Gasteiger partial charge is 0.378 e. The Bertz CT molecular complexity index is 936. The standard InChI is InChI=1S/C25H33FN4O2.HI/c1-3-27-25(30-12-15-32-24(18-30)21-7-5-4-6-19(21)2)28-17-20-8-9-23(22(26)16-20)29-10-13-31-14-11-29;/h4-9,16,24H,3,10-15,17-18H2,1-2H3,(H,27,28);1H. The van der Waals surface area contributed by atoms with Gasteiger partial charge in [0.2, 0.25) is 0 Å². The lowest BCUT2D eigenvalue weighted by Gasteiger charge is -2.35. The first-order valence-electron chi connectivity index (χ1n) is 11.5. The Labute approximate surface area is 213 Å². The minimum absolute atomic E-state index is 0. The molecule has 1 unspecified atom stereocenters. The van der Waals surface area contributed by atoms with E-state index in [0.29, 0.717) is 32.1 Å². The Morgan fingerprint density at radius 2 is 1.91 bits per heavy atom. The van der Waals surface area contributed by atoms with Crippen LogP contribution in [0.3, 0.4) is 0 Å². The van der Waals surface area contributed by atoms with Gasteiger partial charge in [-0.25, -0.2) is 9.38 Å². The molecule has 2 aromatic rings. The van der Waals surface area contributed by atoms with Crippen molar-refractivity contribution in [2.24, 2.45) is 4.99 Å². The van der Waals surface area contributed by atoms with Gasteiger partial charge in [0, 0.05) is 26.2 Å². The first kappa shape index (κ1) is 25.7. The molecule has 33 heavy (non-hydrogen) atoms. The molecule has 0 amide bonds. The molecule has 8 heteroatoms. The van der Waals surface area contributed by atoms with Gasteiger partial charge in [-0.05, 0) is 42.7 Å². The zero-order valence-corrected chi connectivity index (χ0v) is 21.8. The molecule has 1 atom stereocenters. The summed E-state index contributed by atoms with van der Waals surface area (Å²) in [6.07, 6.45) is 0.0130. The molecule has 0 saturated carbocycles. The number of halogens is 2. The van der Waals surface area contributed by atoms with Crippen molar-refractivity contribution in [3.63, 3.8) is 0 Å². The average molecular weight is 568 g/mol. The number of benzene rings is 2. The molecule has 2 fully saturated rings. The van der Waals surface area contributed by atoms with E-state index in [-0.39, 0.29) is 35.9 Å². The zero-order chi connectivity index (χ0) is 22.3. The van der Waals surface area contributed by atoms with Gasteiger partial charge in [0.15, 0.2) is 5.96 Å². The number of anilines is 1. The summed E-state index contributed by atoms with van der Waals surface area (Å²) >= 11 is 0. The van der Waals surface area contributed by atoms with E-state index in [1.54, 1.807) is 6.07 Å². The van der Waals surface area contributed by atoms with Crippen molar-refractivity contribution in [1.82, 2.24) is 10.2 Å². The fraction of sp³-hybridized carbons (Fsp3) is 0.480. The molecule has 4 rings (SSSR count). The van der Waals surface area contributed by atoms with Crippen LogP contribution in [0.2, 0.25) is 0 Å². The van der Waals surface area contributed by atoms with Crippen molar-refractivity contribution in [3.05, 3.63) is 65.0 Å². The number of rotatable bonds is 5. The van der Waals surface area contributed by atoms with E-state index in [0.717, 1.165) is 44.2 Å². The van der Waals surface area contributed by atoms with E-state index in [2.05, 4.69) is 48.3 Å². The van der Waals surface area contributed by atoms with Crippen LogP contribution >= 0.6 is 24.0 Å². The van der Waals surface area contributed by atoms with E-state index >= 15 is 0 Å². The van der Waals surface area contributed by atoms with Crippen molar-refractivity contribution in [1.29, 1.82) is 0 Å². The Morgan fingerprint density at radius 1 is 1.12 bits per heavy atom. The number of morpholine rings is 2. The van der Waals surface area contributed by atoms with Crippen LogP contribution in [0.15, 0.2) is 47.5 Å². The van der Waals surface area contributed by atoms with Gasteiger partial charge in [0.05, 0.1) is 38.6 Å². The molecule has 180 valence electrons. The summed E-state index contributed by atoms with van der Waals surface area (Å²) in [6, 6.07) is 13.8. The molecule has 0 spiro atoms. The zero-order valence-electron chi connectivity index (χ0n) is 19.4. The minimum Gasteiger partial charge on any atom is -0.378 e. The van der Waals surface area contributed by atoms with Gasteiger partial charge in [0.1, 0.15) is 11.9 Å². The molecule has 2 heterocycles. The van der Waals surface area contributed by atoms with Crippen LogP contribution in [-0.4, -0.2) is 63.4 Å². The number of aryl methyl sites for hydroxylation is 1. The first-order chi connectivity index (χ1) is 15.7. The molecule has 2 aliphatic heterocycles. The third-order valence-corrected chi connectivity index (χ3v) is 6.01. The predicted molar refractivity (Wildman–Crippen MR) is 141 cm³/mol. The van der Waals surface area contributed by atoms with Crippen LogP contribution in [-0.2, 0) is 16.0 Å². The highest BCUT2D eigenvalue weighted by Gasteiger charge is 2.25. The highest BCUT2D eigenvalue weighted by atomic mass is 127. The second kappa shape index (κ2) is 12.5. The van der Waals surface area contributed by atoms with Gasteiger partial charge in [0.25, 0.3) is 0 Å². The van der Waals surface area contributed by atoms with Crippen molar-refractivity contribution >= 4 is 35.6 Å². The number of hydrogen-bond acceptors (Lipinski definition) is 4. The lowest BCUT2D eigenvalue weighted by Crippen LogP contribution is -2.48. The van der Waals surface area contributed by atoms with E-state index in [1.807, 2.05) is 17.0 Å². The van der Waals surface area contributed by atoms with Gasteiger partial charge in [-0.15, -0.1) is 24.0 Å². The second-order valence-electron chi connectivity index (χ2n) is 8.22. The molecule has 0 radical (unpaired) electrons. The van der Waals surface area contributed by atoms with Gasteiger partial charge >= 0.3 is 0 Å². The van der Waals surface area contributed by atoms with Crippen molar-refractivity contribution in [3.8, 4) is 0 Å². The number of aliphatic imine (C=N–C) groups is 1. The van der Waals surface area contributed by atoms with Crippen molar-refractivity contribution in [2.45, 2.75) is 26.5 Å². The molecule has 0 aromatic heterocycles. The van der Waals surface area contributed by atoms with Crippen molar-refractivity contribution < 1.29 is 13.9 Å². The Hall–Kier alpha value is -1.91. The van der Waals surface area contributed by atoms with Gasteiger partial charge < -0.3 is 24.6 Å². The lowest BCUT2D eigenvalue weighted by molar-refractivity contribution is -0.00834. The molecular weight excluding hydrogens is 534 g/mol. The Balaban J connectivity index is 0.00000306. The number of nitrogens with one attached hydrogen (secondary N) is 1. The number of hydrogen-bond donors (Lipinski definition) is 1. The summed E-state index contributed by atoms with van der Waals surface area (Å²) in [5.41, 5.74) is 3.95. The van der Waals surface area contributed by atoms with E-state index in [9.17, 15) is 4.39 Å². The SMILES string of the molecule is CCNC(=NCc1ccc(N2CCOCC2)c(F)c1)N1CCOC(c2ccccc2C)C1.I. The van der Waals surface area contributed by atoms with Crippen LogP contribution in [0.25, 0.3) is 0 Å². The monoisotopic (exact) mass is 568 g/mol. The molecule has 1 N–H and O–H groups in total. The highest BCUT2D eigenvalue weighted by Crippen LogP contribution is 2.25. The number of nitrogens with zero attached hydrogens (tertiary/aromatic N) is 3. The first-order valence-corrected chi connectivity index (χ1v) is 11.5. The van der Waals surface area contributed by atoms with Crippen LogP contribution in [0.1, 0.15) is 29.7 Å². The fourth-order valence-electron chi connectivity index (χ4n) is 4.28. The molecule has 2 saturated heterocycles. The number of guanidine groups is 1.